The zero-order chi connectivity index (χ0) is 31.5. The molecule has 0 unspecified atom stereocenters. The zero-order valence-electron chi connectivity index (χ0n) is 23.9. The first-order chi connectivity index (χ1) is 19.2. The lowest BCUT2D eigenvalue weighted by atomic mass is 9.87. The second kappa shape index (κ2) is 10.7. The number of rotatable bonds is 6. The first-order valence-corrected chi connectivity index (χ1v) is 15.0. The molecule has 2 aromatic heterocycles. The Morgan fingerprint density at radius 1 is 1.14 bits per heavy atom. The SMILES string of the molecule is CC(C)(C)OC(=O)CC1=N[C@](C)(c2nc(CC(=O)c3ncc(F)cc3Cl)ccc2F)[C@H]2CC(F)(F)CN=[S@]2(=O)C1(C)C. The molecule has 14 heteroatoms. The van der Waals surface area contributed by atoms with Crippen LogP contribution >= 0.6 is 11.6 Å². The molecule has 0 amide bonds. The van der Waals surface area contributed by atoms with Crippen LogP contribution in [0.15, 0.2) is 33.8 Å². The van der Waals surface area contributed by atoms with Gasteiger partial charge in [-0.05, 0) is 59.7 Å². The molecule has 0 spiro atoms. The van der Waals surface area contributed by atoms with Gasteiger partial charge < -0.3 is 4.74 Å². The number of alkyl halides is 2. The Labute approximate surface area is 246 Å². The first kappa shape index (κ1) is 32.0. The predicted molar refractivity (Wildman–Crippen MR) is 150 cm³/mol. The van der Waals surface area contributed by atoms with Crippen LogP contribution < -0.4 is 0 Å². The van der Waals surface area contributed by atoms with Crippen molar-refractivity contribution >= 4 is 38.8 Å². The highest BCUT2D eigenvalue weighted by molar-refractivity contribution is 7.96. The van der Waals surface area contributed by atoms with Gasteiger partial charge in [-0.2, -0.15) is 0 Å². The van der Waals surface area contributed by atoms with Crippen molar-refractivity contribution in [1.29, 1.82) is 0 Å². The molecule has 3 atom stereocenters. The summed E-state index contributed by atoms with van der Waals surface area (Å²) >= 11 is 5.96. The Kier molecular flexibility index (Phi) is 8.12. The summed E-state index contributed by atoms with van der Waals surface area (Å²) in [5.74, 6) is -6.39. The van der Waals surface area contributed by atoms with Crippen LogP contribution in [0.4, 0.5) is 17.6 Å². The van der Waals surface area contributed by atoms with Crippen molar-refractivity contribution in [1.82, 2.24) is 9.97 Å². The lowest BCUT2D eigenvalue weighted by Crippen LogP contribution is -2.61. The summed E-state index contributed by atoms with van der Waals surface area (Å²) in [6.07, 6.45) is -0.984. The summed E-state index contributed by atoms with van der Waals surface area (Å²) in [5, 5.41) is -1.72. The van der Waals surface area contributed by atoms with E-state index in [-0.39, 0.29) is 22.1 Å². The van der Waals surface area contributed by atoms with Crippen LogP contribution in [0.1, 0.15) is 76.3 Å². The maximum absolute atomic E-state index is 15.6. The average Bonchev–Trinajstić information content (AvgIpc) is 2.84. The number of nitrogens with zero attached hydrogens (tertiary/aromatic N) is 4. The van der Waals surface area contributed by atoms with Crippen molar-refractivity contribution in [3.8, 4) is 0 Å². The van der Waals surface area contributed by atoms with E-state index in [1.165, 1.54) is 26.8 Å². The van der Waals surface area contributed by atoms with Crippen molar-refractivity contribution in [2.24, 2.45) is 9.36 Å². The number of pyridine rings is 2. The first-order valence-electron chi connectivity index (χ1n) is 13.1. The molecule has 0 saturated heterocycles. The summed E-state index contributed by atoms with van der Waals surface area (Å²) < 4.78 is 81.2. The Balaban J connectivity index is 1.86. The van der Waals surface area contributed by atoms with Crippen LogP contribution in [-0.2, 0) is 31.2 Å². The summed E-state index contributed by atoms with van der Waals surface area (Å²) in [5.41, 5.74) is -3.43. The number of fused-ring (bicyclic) bond motifs is 1. The van der Waals surface area contributed by atoms with Gasteiger partial charge in [0.1, 0.15) is 40.7 Å². The van der Waals surface area contributed by atoms with E-state index in [0.717, 1.165) is 18.3 Å². The monoisotopic (exact) mass is 630 g/mol. The van der Waals surface area contributed by atoms with E-state index in [1.54, 1.807) is 20.8 Å². The van der Waals surface area contributed by atoms with Gasteiger partial charge in [0.05, 0.1) is 43.8 Å². The number of carbonyl (C=O) groups excluding carboxylic acids is 2. The van der Waals surface area contributed by atoms with E-state index in [2.05, 4.69) is 19.3 Å². The topological polar surface area (TPSA) is 111 Å². The van der Waals surface area contributed by atoms with Gasteiger partial charge in [0, 0.05) is 17.8 Å². The van der Waals surface area contributed by atoms with Crippen molar-refractivity contribution < 1.29 is 36.1 Å². The number of aliphatic imine (C=N–C) groups is 1. The molecule has 4 heterocycles. The molecule has 0 aromatic carbocycles. The van der Waals surface area contributed by atoms with Gasteiger partial charge >= 0.3 is 5.97 Å². The molecule has 2 aromatic rings. The molecule has 0 aliphatic carbocycles. The smallest absolute Gasteiger partial charge is 0.312 e. The molecule has 4 rings (SSSR count). The largest absolute Gasteiger partial charge is 0.460 e. The standard InChI is InChI=1S/C28H31ClF4N4O4S/c1-25(2,3)41-22(39)11-20-26(4,5)42(40)21(12-28(32,33)14-35-42)27(6,37-20)24-18(31)8-7-16(36-24)10-19(38)23-17(29)9-15(30)13-34-23/h7-9,13,21H,10-12,14H2,1-6H3/t21-,27+,42-/m1/s1. The lowest BCUT2D eigenvalue weighted by Gasteiger charge is -2.49. The van der Waals surface area contributed by atoms with Gasteiger partial charge in [-0.3, -0.25) is 19.6 Å². The number of esters is 1. The zero-order valence-corrected chi connectivity index (χ0v) is 25.5. The van der Waals surface area contributed by atoms with Crippen molar-refractivity contribution in [2.75, 3.05) is 6.54 Å². The molecular formula is C28H31ClF4N4O4S. The Bertz CT molecular complexity index is 1620. The highest BCUT2D eigenvalue weighted by atomic mass is 35.5. The maximum atomic E-state index is 15.6. The molecule has 228 valence electrons. The number of aromatic nitrogens is 2. The average molecular weight is 631 g/mol. The highest BCUT2D eigenvalue weighted by Gasteiger charge is 2.61. The second-order valence-electron chi connectivity index (χ2n) is 12.1. The molecule has 0 N–H and O–H groups in total. The Morgan fingerprint density at radius 3 is 2.43 bits per heavy atom. The fourth-order valence-electron chi connectivity index (χ4n) is 5.19. The minimum absolute atomic E-state index is 0.0135. The normalized spacial score (nSPS) is 26.5. The van der Waals surface area contributed by atoms with Gasteiger partial charge in [-0.25, -0.2) is 31.1 Å². The molecule has 0 radical (unpaired) electrons. The molecular weight excluding hydrogens is 600 g/mol. The van der Waals surface area contributed by atoms with Crippen LogP contribution in [0.25, 0.3) is 0 Å². The van der Waals surface area contributed by atoms with Crippen LogP contribution in [0.2, 0.25) is 5.02 Å². The molecule has 2 aliphatic heterocycles. The predicted octanol–water partition coefficient (Wildman–Crippen LogP) is 5.89. The molecule has 0 fully saturated rings. The second-order valence-corrected chi connectivity index (χ2v) is 15.5. The van der Waals surface area contributed by atoms with E-state index in [0.29, 0.717) is 0 Å². The third kappa shape index (κ3) is 5.95. The van der Waals surface area contributed by atoms with Crippen LogP contribution in [0.3, 0.4) is 0 Å². The van der Waals surface area contributed by atoms with E-state index in [4.69, 9.17) is 16.3 Å². The van der Waals surface area contributed by atoms with Crippen molar-refractivity contribution in [3.05, 3.63) is 58.1 Å². The molecule has 8 nitrogen and oxygen atoms in total. The minimum atomic E-state index is -3.61. The van der Waals surface area contributed by atoms with Gasteiger partial charge in [-0.1, -0.05) is 11.6 Å². The van der Waals surface area contributed by atoms with E-state index < -0.39 is 91.7 Å². The highest BCUT2D eigenvalue weighted by Crippen LogP contribution is 2.50. The van der Waals surface area contributed by atoms with Gasteiger partial charge in [0.25, 0.3) is 5.92 Å². The van der Waals surface area contributed by atoms with Crippen LogP contribution in [-0.4, -0.2) is 59.7 Å². The fourth-order valence-corrected chi connectivity index (χ4v) is 8.75. The number of hydrogen-bond acceptors (Lipinski definition) is 8. The van der Waals surface area contributed by atoms with Gasteiger partial charge in [0.2, 0.25) is 0 Å². The minimum Gasteiger partial charge on any atom is -0.460 e. The lowest BCUT2D eigenvalue weighted by molar-refractivity contribution is -0.153. The number of ketones is 1. The van der Waals surface area contributed by atoms with E-state index in [9.17, 15) is 27.0 Å². The Morgan fingerprint density at radius 2 is 1.81 bits per heavy atom. The molecule has 2 aliphatic rings. The van der Waals surface area contributed by atoms with Crippen LogP contribution in [0.5, 0.6) is 0 Å². The quantitative estimate of drug-likeness (QED) is 0.224. The number of ether oxygens (including phenoxy) is 1. The summed E-state index contributed by atoms with van der Waals surface area (Å²) in [6.45, 7) is 8.34. The number of carbonyl (C=O) groups is 2. The maximum Gasteiger partial charge on any atom is 0.312 e. The van der Waals surface area contributed by atoms with E-state index >= 15 is 4.39 Å². The number of hydrogen-bond donors (Lipinski definition) is 0. The fraction of sp³-hybridized carbons (Fsp3) is 0.536. The van der Waals surface area contributed by atoms with Crippen molar-refractivity contribution in [2.45, 2.75) is 87.9 Å². The molecule has 0 bridgehead atoms. The summed E-state index contributed by atoms with van der Waals surface area (Å²) in [4.78, 5) is 38.4. The Hall–Kier alpha value is -2.93. The third-order valence-corrected chi connectivity index (χ3v) is 11.2. The number of halogens is 5. The van der Waals surface area contributed by atoms with Crippen LogP contribution in [0, 0.1) is 11.6 Å². The van der Waals surface area contributed by atoms with Crippen molar-refractivity contribution in [3.63, 3.8) is 0 Å². The molecule has 0 saturated carbocycles. The van der Waals surface area contributed by atoms with Gasteiger partial charge in [-0.15, -0.1) is 0 Å². The summed E-state index contributed by atoms with van der Waals surface area (Å²) in [6, 6.07) is 3.13. The van der Waals surface area contributed by atoms with Gasteiger partial charge in [0.15, 0.2) is 5.78 Å². The number of Topliss-reactive ketones (excluding diaryl/α,β-unsaturated/α-hetero) is 1. The third-order valence-electron chi connectivity index (χ3n) is 7.31. The summed E-state index contributed by atoms with van der Waals surface area (Å²) in [7, 11) is -3.61. The van der Waals surface area contributed by atoms with E-state index in [1.807, 2.05) is 0 Å². The molecule has 42 heavy (non-hydrogen) atoms.